The molecule has 8 atom stereocenters. The molecule has 0 fully saturated rings. The lowest BCUT2D eigenvalue weighted by Gasteiger charge is -2.27. The quantitative estimate of drug-likeness (QED) is 0.0118. The van der Waals surface area contributed by atoms with Gasteiger partial charge >= 0.3 is 0 Å². The summed E-state index contributed by atoms with van der Waals surface area (Å²) in [6, 6.07) is 5.98. The third kappa shape index (κ3) is 19.6. The number of nitrogens with one attached hydrogen (secondary N) is 10. The number of carbonyl (C=O) groups excluding carboxylic acids is 9. The monoisotopic (exact) mass is 1080 g/mol. The van der Waals surface area contributed by atoms with E-state index < -0.39 is 101 Å². The highest BCUT2D eigenvalue weighted by Gasteiger charge is 2.34. The predicted molar refractivity (Wildman–Crippen MR) is 288 cm³/mol. The Hall–Kier alpha value is -7.61. The third-order valence-electron chi connectivity index (χ3n) is 11.8. The second-order valence-electron chi connectivity index (χ2n) is 17.7. The van der Waals surface area contributed by atoms with Crippen LogP contribution in [0.1, 0.15) is 69.7 Å². The van der Waals surface area contributed by atoms with Gasteiger partial charge in [-0.15, -0.1) is 0 Å². The van der Waals surface area contributed by atoms with Crippen LogP contribution in [0.25, 0.3) is 10.9 Å². The molecule has 2 aromatic carbocycles. The molecule has 9 amide bonds. The molecule has 0 saturated heterocycles. The zero-order valence-electron chi connectivity index (χ0n) is 42.0. The number of imidazole rings is 1. The van der Waals surface area contributed by atoms with Crippen molar-refractivity contribution in [3.05, 3.63) is 90.1 Å². The Bertz CT molecular complexity index is 2600. The lowest BCUT2D eigenvalue weighted by atomic mass is 10.0. The minimum atomic E-state index is -1.39. The fourth-order valence-electron chi connectivity index (χ4n) is 7.75. The van der Waals surface area contributed by atoms with E-state index in [0.29, 0.717) is 29.7 Å². The summed E-state index contributed by atoms with van der Waals surface area (Å²) >= 11 is 8.38. The minimum Gasteiger partial charge on any atom is -0.370 e. The van der Waals surface area contributed by atoms with E-state index >= 15 is 0 Å². The van der Waals surface area contributed by atoms with Crippen LogP contribution in [0, 0.1) is 0 Å². The zero-order valence-corrected chi connectivity index (χ0v) is 43.8. The van der Waals surface area contributed by atoms with Crippen LogP contribution in [-0.2, 0) is 62.4 Å². The first-order chi connectivity index (χ1) is 35.8. The fourth-order valence-corrected chi connectivity index (χ4v) is 8.28. The minimum absolute atomic E-state index is 0.0570. The van der Waals surface area contributed by atoms with Crippen LogP contribution in [0.3, 0.4) is 0 Å². The molecule has 0 radical (unpaired) electrons. The molecule has 0 bridgehead atoms. The van der Waals surface area contributed by atoms with Gasteiger partial charge in [0.05, 0.1) is 6.33 Å². The standard InChI is InChI=1S/C49H69N15O9S2/c1-4-5-15-34(58-28(3)65)43(68)64-40(25-75)48(73)57-27(2)42(67)60-38(21-31-23-53-26-56-31)47(72)61-36(19-29-12-7-6-8-13-29)45(70)59-35(17-11-18-54-49(51)52)44(69)62-37(46(71)63-39(24-74)41(50)66)20-30-22-55-33-16-10-9-14-32(30)33/h6-10,12-14,16,22-23,26-27,34-40,55,74-75H,4-5,11,15,17-21,24-25H2,1-3H3,(H2,50,66)(H,53,56)(H,57,73)(H,58,65)(H,59,70)(H,60,67)(H,61,72)(H,62,69)(H,63,71)(H,64,68)(H4,51,52,54)/t27-,34-,35-,36+,37-,38-,39+,40+/m0/s1. The number of amides is 9. The van der Waals surface area contributed by atoms with Gasteiger partial charge < -0.3 is 69.7 Å². The summed E-state index contributed by atoms with van der Waals surface area (Å²) in [5, 5.41) is 21.9. The van der Waals surface area contributed by atoms with Crippen molar-refractivity contribution in [2.45, 2.75) is 120 Å². The molecule has 0 aliphatic rings. The lowest BCUT2D eigenvalue weighted by molar-refractivity contribution is -0.135. The summed E-state index contributed by atoms with van der Waals surface area (Å²) in [4.78, 5) is 136. The number of thiol groups is 2. The van der Waals surface area contributed by atoms with Crippen molar-refractivity contribution in [2.24, 2.45) is 22.2 Å². The predicted octanol–water partition coefficient (Wildman–Crippen LogP) is -1.57. The van der Waals surface area contributed by atoms with Gasteiger partial charge in [-0.1, -0.05) is 68.3 Å². The smallest absolute Gasteiger partial charge is 0.244 e. The highest BCUT2D eigenvalue weighted by atomic mass is 32.1. The average Bonchev–Trinajstić information content (AvgIpc) is 4.06. The number of aliphatic imine (C=N–C) groups is 1. The molecule has 2 heterocycles. The van der Waals surface area contributed by atoms with E-state index in [9.17, 15) is 43.2 Å². The molecule has 0 saturated carbocycles. The maximum Gasteiger partial charge on any atom is 0.244 e. The summed E-state index contributed by atoms with van der Waals surface area (Å²) in [5.74, 6) is -7.16. The number of primary amides is 1. The third-order valence-corrected chi connectivity index (χ3v) is 12.5. The Morgan fingerprint density at radius 1 is 0.600 bits per heavy atom. The van der Waals surface area contributed by atoms with Crippen LogP contribution >= 0.6 is 25.3 Å². The van der Waals surface area contributed by atoms with Crippen molar-refractivity contribution in [1.29, 1.82) is 0 Å². The number of aromatic amines is 2. The largest absolute Gasteiger partial charge is 0.370 e. The molecular weight excluding hydrogens is 1010 g/mol. The first-order valence-electron chi connectivity index (χ1n) is 24.4. The van der Waals surface area contributed by atoms with Gasteiger partial charge in [-0.3, -0.25) is 48.1 Å². The lowest BCUT2D eigenvalue weighted by Crippen LogP contribution is -2.61. The molecular formula is C49H69N15O9S2. The Kier molecular flexibility index (Phi) is 24.4. The Morgan fingerprint density at radius 3 is 1.71 bits per heavy atom. The van der Waals surface area contributed by atoms with Crippen LogP contribution in [0.4, 0.5) is 0 Å². The second-order valence-corrected chi connectivity index (χ2v) is 18.5. The van der Waals surface area contributed by atoms with E-state index in [1.165, 1.54) is 26.4 Å². The summed E-state index contributed by atoms with van der Waals surface area (Å²) in [6.07, 6.45) is 6.01. The number of fused-ring (bicyclic) bond motifs is 1. The van der Waals surface area contributed by atoms with Crippen LogP contribution in [0.15, 0.2) is 78.3 Å². The van der Waals surface area contributed by atoms with Crippen LogP contribution < -0.4 is 59.7 Å². The number of rotatable bonds is 31. The van der Waals surface area contributed by atoms with E-state index in [1.807, 2.05) is 31.2 Å². The highest BCUT2D eigenvalue weighted by Crippen LogP contribution is 2.20. The van der Waals surface area contributed by atoms with Gasteiger partial charge in [0.2, 0.25) is 53.2 Å². The number of H-pyrrole nitrogens is 2. The van der Waals surface area contributed by atoms with E-state index in [-0.39, 0.29) is 56.1 Å². The molecule has 0 spiro atoms. The molecule has 4 aromatic rings. The summed E-state index contributed by atoms with van der Waals surface area (Å²) in [7, 11) is 0. The summed E-state index contributed by atoms with van der Waals surface area (Å²) in [5.41, 5.74) is 19.1. The van der Waals surface area contributed by atoms with Crippen molar-refractivity contribution in [3.63, 3.8) is 0 Å². The fraction of sp³-hybridized carbons (Fsp3) is 0.449. The van der Waals surface area contributed by atoms with Gasteiger partial charge in [0, 0.05) is 73.2 Å². The Balaban J connectivity index is 1.60. The topological polar surface area (TPSA) is 385 Å². The number of hydrogen-bond donors (Lipinski definition) is 15. The van der Waals surface area contributed by atoms with Gasteiger partial charge in [-0.05, 0) is 43.4 Å². The first-order valence-corrected chi connectivity index (χ1v) is 25.6. The number of benzene rings is 2. The number of nitrogens with two attached hydrogens (primary N) is 3. The molecule has 75 heavy (non-hydrogen) atoms. The van der Waals surface area contributed by atoms with E-state index in [0.717, 1.165) is 17.3 Å². The normalized spacial score (nSPS) is 14.2. The molecule has 2 aromatic heterocycles. The maximum atomic E-state index is 14.6. The highest BCUT2D eigenvalue weighted by molar-refractivity contribution is 7.80. The number of unbranched alkanes of at least 4 members (excludes halogenated alkanes) is 1. The molecule has 26 heteroatoms. The number of para-hydroxylation sites is 1. The SMILES string of the molecule is CCCC[C@H](NC(C)=O)C(=O)N[C@H](CS)C(=O)N[C@@H](C)C(=O)N[C@@H](Cc1cnc[nH]1)C(=O)N[C@H](Cc1ccccc1)C(=O)N[C@@H](CCCN=C(N)N)C(=O)N[C@@H](Cc1c[nH]c2ccccc12)C(=O)N[C@H](CS)C(N)=O. The van der Waals surface area contributed by atoms with Crippen molar-refractivity contribution < 1.29 is 43.2 Å². The molecule has 16 N–H and O–H groups in total. The Labute approximate surface area is 445 Å². The zero-order chi connectivity index (χ0) is 55.0. The molecule has 0 aliphatic heterocycles. The van der Waals surface area contributed by atoms with Gasteiger partial charge in [0.25, 0.3) is 0 Å². The first kappa shape index (κ1) is 59.9. The molecule has 24 nitrogen and oxygen atoms in total. The van der Waals surface area contributed by atoms with Crippen LogP contribution in [0.5, 0.6) is 0 Å². The molecule has 406 valence electrons. The van der Waals surface area contributed by atoms with Crippen LogP contribution in [0.2, 0.25) is 0 Å². The molecule has 0 unspecified atom stereocenters. The van der Waals surface area contributed by atoms with Gasteiger partial charge in [0.15, 0.2) is 5.96 Å². The number of guanidine groups is 1. The number of carbonyl (C=O) groups is 9. The number of hydrogen-bond acceptors (Lipinski definition) is 13. The number of aromatic nitrogens is 3. The summed E-state index contributed by atoms with van der Waals surface area (Å²) in [6.45, 7) is 4.63. The van der Waals surface area contributed by atoms with Crippen molar-refractivity contribution >= 4 is 95.3 Å². The molecule has 0 aliphatic carbocycles. The van der Waals surface area contributed by atoms with E-state index in [4.69, 9.17) is 17.2 Å². The van der Waals surface area contributed by atoms with E-state index in [2.05, 4.69) is 87.7 Å². The van der Waals surface area contributed by atoms with E-state index in [1.54, 1.807) is 36.5 Å². The van der Waals surface area contributed by atoms with Crippen molar-refractivity contribution in [1.82, 2.24) is 57.5 Å². The maximum absolute atomic E-state index is 14.6. The van der Waals surface area contributed by atoms with Gasteiger partial charge in [-0.2, -0.15) is 25.3 Å². The van der Waals surface area contributed by atoms with Crippen molar-refractivity contribution in [2.75, 3.05) is 18.1 Å². The summed E-state index contributed by atoms with van der Waals surface area (Å²) < 4.78 is 0. The second kappa shape index (κ2) is 30.6. The van der Waals surface area contributed by atoms with Crippen molar-refractivity contribution in [3.8, 4) is 0 Å². The molecule has 4 rings (SSSR count). The average molecular weight is 1080 g/mol. The number of nitrogens with zero attached hydrogens (tertiary/aromatic N) is 2. The van der Waals surface area contributed by atoms with Gasteiger partial charge in [0.1, 0.15) is 48.3 Å². The van der Waals surface area contributed by atoms with Crippen LogP contribution in [-0.4, -0.2) is 140 Å². The Morgan fingerprint density at radius 2 is 1.12 bits per heavy atom. The van der Waals surface area contributed by atoms with Gasteiger partial charge in [-0.25, -0.2) is 4.98 Å².